The lowest BCUT2D eigenvalue weighted by atomic mass is 10.0. The summed E-state index contributed by atoms with van der Waals surface area (Å²) in [5.74, 6) is -7.64. The van der Waals surface area contributed by atoms with Gasteiger partial charge in [-0.2, -0.15) is 0 Å². The van der Waals surface area contributed by atoms with E-state index in [1.165, 1.54) is 115 Å². The van der Waals surface area contributed by atoms with Crippen LogP contribution in [-0.4, -0.2) is 66.1 Å². The van der Waals surface area contributed by atoms with Crippen molar-refractivity contribution in [1.82, 2.24) is 0 Å². The van der Waals surface area contributed by atoms with E-state index in [1.807, 2.05) is 12.2 Å². The van der Waals surface area contributed by atoms with E-state index < -0.39 is 90.3 Å². The van der Waals surface area contributed by atoms with Gasteiger partial charge in [0.15, 0.2) is 0 Å². The highest BCUT2D eigenvalue weighted by atomic mass is 27.3. The number of hydrogen-bond acceptors (Lipinski definition) is 12. The van der Waals surface area contributed by atoms with Crippen LogP contribution in [-0.2, 0) is 51.5 Å². The van der Waals surface area contributed by atoms with Gasteiger partial charge in [0.2, 0.25) is 0 Å². The molecule has 0 aromatic carbocycles. The van der Waals surface area contributed by atoms with Crippen LogP contribution in [0.4, 0.5) is 0 Å². The molecular weight excluding hydrogens is 822 g/mol. The van der Waals surface area contributed by atoms with Gasteiger partial charge in [0, 0.05) is 0 Å². The quantitative estimate of drug-likeness (QED) is 0.0337. The molecule has 0 amide bonds. The topological polar surface area (TPSA) is 158 Å². The van der Waals surface area contributed by atoms with Crippen LogP contribution in [0.25, 0.3) is 0 Å². The molecule has 3 atom stereocenters. The summed E-state index contributed by atoms with van der Waals surface area (Å²) < 4.78 is 32.2. The average molecular weight is 901 g/mol. The fraction of sp³-hybridized carbons (Fsp3) is 0.750. The van der Waals surface area contributed by atoms with E-state index in [2.05, 4.69) is 20.8 Å². The van der Waals surface area contributed by atoms with Gasteiger partial charge in [-0.3, -0.25) is 28.8 Å². The Hall–Kier alpha value is -2.90. The maximum absolute atomic E-state index is 13.5. The van der Waals surface area contributed by atoms with Crippen molar-refractivity contribution in [2.75, 3.05) is 0 Å². The number of allylic oxidation sites excluding steroid dienone is 3. The maximum atomic E-state index is 13.5. The van der Waals surface area contributed by atoms with Crippen LogP contribution in [0.5, 0.6) is 0 Å². The normalized spacial score (nSPS) is 17.8. The van der Waals surface area contributed by atoms with E-state index in [-0.39, 0.29) is 12.8 Å². The summed E-state index contributed by atoms with van der Waals surface area (Å²) in [6.45, 7) is 6.60. The zero-order chi connectivity index (χ0) is 45.0. The van der Waals surface area contributed by atoms with Gasteiger partial charge in [-0.15, -0.1) is 0 Å². The highest BCUT2D eigenvalue weighted by Crippen LogP contribution is 2.22. The lowest BCUT2D eigenvalue weighted by molar-refractivity contribution is -0.152. The maximum Gasteiger partial charge on any atom is 1.20 e. The molecule has 348 valence electrons. The van der Waals surface area contributed by atoms with Gasteiger partial charge >= 0.3 is 30.3 Å². The highest BCUT2D eigenvalue weighted by Gasteiger charge is 2.54. The van der Waals surface area contributed by atoms with Gasteiger partial charge in [0.25, 0.3) is 35.8 Å². The molecule has 3 unspecified atom stereocenters. The van der Waals surface area contributed by atoms with Crippen LogP contribution < -0.4 is 0 Å². The average Bonchev–Trinajstić information content (AvgIpc) is 3.46. The van der Waals surface area contributed by atoms with Gasteiger partial charge in [-0.25, -0.2) is 0 Å². The predicted octanol–water partition coefficient (Wildman–Crippen LogP) is 11.5. The molecule has 2 fully saturated rings. The Morgan fingerprint density at radius 3 is 1.27 bits per heavy atom. The zero-order valence-electron chi connectivity index (χ0n) is 38.5. The second kappa shape index (κ2) is 36.4. The molecule has 12 nitrogen and oxygen atoms in total. The molecule has 0 aliphatic carbocycles. The Bertz CT molecular complexity index is 1380. The fourth-order valence-corrected chi connectivity index (χ4v) is 9.67. The summed E-state index contributed by atoms with van der Waals surface area (Å²) in [6, 6.07) is 0. The first-order valence-electron chi connectivity index (χ1n) is 24.4. The molecule has 2 aliphatic heterocycles. The van der Waals surface area contributed by atoms with Gasteiger partial charge < -0.3 is 22.7 Å². The van der Waals surface area contributed by atoms with Gasteiger partial charge in [-0.05, 0) is 38.5 Å². The SMILES string of the molecule is CCCCCCCCCCC=CC1CC(=O)[O][Al]([O]C(=O)CC(C=CCCCCCCCCCC)C(=O)[O][Al]2[O]C(=O)CC(C=CCCCCCCCCCC)C(=O)[O]2)[O]C1=O. The van der Waals surface area contributed by atoms with Crippen LogP contribution in [0, 0.1) is 17.8 Å². The number of carbonyl (C=O) groups is 6. The van der Waals surface area contributed by atoms with Crippen molar-refractivity contribution < 1.29 is 51.5 Å². The minimum absolute atomic E-state index is 0.233. The van der Waals surface area contributed by atoms with Crippen LogP contribution >= 0.6 is 0 Å². The van der Waals surface area contributed by atoms with E-state index in [0.29, 0.717) is 6.42 Å². The van der Waals surface area contributed by atoms with Gasteiger partial charge in [0.05, 0.1) is 37.0 Å². The first-order valence-corrected chi connectivity index (χ1v) is 27.2. The molecule has 2 heterocycles. The monoisotopic (exact) mass is 901 g/mol. The zero-order valence-corrected chi connectivity index (χ0v) is 40.8. The molecule has 0 spiro atoms. The minimum atomic E-state index is -3.62. The fourth-order valence-electron chi connectivity index (χ4n) is 7.36. The number of carbonyl (C=O) groups excluding carboxylic acids is 6. The summed E-state index contributed by atoms with van der Waals surface area (Å²) in [4.78, 5) is 78.0. The Kier molecular flexibility index (Phi) is 32.5. The molecule has 0 saturated carbocycles. The first-order chi connectivity index (χ1) is 30.2. The van der Waals surface area contributed by atoms with Gasteiger partial charge in [-0.1, -0.05) is 192 Å². The lowest BCUT2D eigenvalue weighted by Crippen LogP contribution is -2.36. The van der Waals surface area contributed by atoms with Crippen molar-refractivity contribution in [2.45, 2.75) is 213 Å². The molecule has 0 radical (unpaired) electrons. The number of hydrogen-bond donors (Lipinski definition) is 0. The van der Waals surface area contributed by atoms with Crippen molar-refractivity contribution in [2.24, 2.45) is 17.8 Å². The Morgan fingerprint density at radius 1 is 0.516 bits per heavy atom. The number of rotatable bonds is 35. The van der Waals surface area contributed by atoms with Crippen LogP contribution in [0.15, 0.2) is 36.5 Å². The van der Waals surface area contributed by atoms with Crippen LogP contribution in [0.2, 0.25) is 0 Å². The molecule has 0 N–H and O–H groups in total. The molecule has 2 aliphatic rings. The third-order valence-corrected chi connectivity index (χ3v) is 13.8. The summed E-state index contributed by atoms with van der Waals surface area (Å²) in [6.07, 6.45) is 39.6. The highest BCUT2D eigenvalue weighted by molar-refractivity contribution is 6.45. The van der Waals surface area contributed by atoms with E-state index in [1.54, 1.807) is 18.2 Å². The number of unbranched alkanes of at least 4 members (excludes halogenated alkanes) is 24. The summed E-state index contributed by atoms with van der Waals surface area (Å²) in [5.41, 5.74) is 0. The molecule has 62 heavy (non-hydrogen) atoms. The second-order valence-corrected chi connectivity index (χ2v) is 19.4. The smallest absolute Gasteiger partial charge is 0.551 e. The molecule has 2 rings (SSSR count). The summed E-state index contributed by atoms with van der Waals surface area (Å²) >= 11 is -7.21. The molecule has 14 heteroatoms. The van der Waals surface area contributed by atoms with Crippen molar-refractivity contribution >= 4 is 66.1 Å². The predicted molar refractivity (Wildman–Crippen MR) is 241 cm³/mol. The standard InChI is InChI=1S/3C16H28O4.2Al/c3*1-2-3-4-5-6-7-8-9-10-11-12-14(16(19)20)13-15(17)18;;/h3*11-12,14H,2-10,13H2,1H3,(H,17,18)(H,19,20);;/q;;;2*+3/p-6. The molecular formula is C48H78Al2O12. The van der Waals surface area contributed by atoms with Crippen molar-refractivity contribution in [3.8, 4) is 0 Å². The minimum Gasteiger partial charge on any atom is -0.551 e. The summed E-state index contributed by atoms with van der Waals surface area (Å²) in [5, 5.41) is 0. The van der Waals surface area contributed by atoms with E-state index in [0.717, 1.165) is 57.8 Å². The van der Waals surface area contributed by atoms with Crippen LogP contribution in [0.1, 0.15) is 213 Å². The van der Waals surface area contributed by atoms with Crippen LogP contribution in [0.3, 0.4) is 0 Å². The van der Waals surface area contributed by atoms with Crippen molar-refractivity contribution in [3.05, 3.63) is 36.5 Å². The third-order valence-electron chi connectivity index (χ3n) is 11.2. The van der Waals surface area contributed by atoms with Crippen molar-refractivity contribution in [3.63, 3.8) is 0 Å². The van der Waals surface area contributed by atoms with E-state index in [4.69, 9.17) is 22.7 Å². The van der Waals surface area contributed by atoms with E-state index in [9.17, 15) is 28.8 Å². The first kappa shape index (κ1) is 55.2. The van der Waals surface area contributed by atoms with E-state index >= 15 is 0 Å². The second-order valence-electron chi connectivity index (χ2n) is 16.9. The Labute approximate surface area is 383 Å². The Balaban J connectivity index is 1.95. The Morgan fingerprint density at radius 2 is 0.871 bits per heavy atom. The van der Waals surface area contributed by atoms with Crippen molar-refractivity contribution in [1.29, 1.82) is 0 Å². The van der Waals surface area contributed by atoms with Gasteiger partial charge in [0.1, 0.15) is 0 Å². The summed E-state index contributed by atoms with van der Waals surface area (Å²) in [7, 11) is 0. The molecule has 0 aromatic rings. The third kappa shape index (κ3) is 27.3. The molecule has 0 bridgehead atoms. The molecule has 0 aromatic heterocycles. The molecule has 2 saturated heterocycles. The lowest BCUT2D eigenvalue weighted by Gasteiger charge is -2.16. The largest absolute Gasteiger partial charge is 1.20 e.